The molecular weight excluding hydrogens is 284 g/mol. The van der Waals surface area contributed by atoms with Crippen molar-refractivity contribution in [2.24, 2.45) is 0 Å². The van der Waals surface area contributed by atoms with Crippen LogP contribution in [0.3, 0.4) is 0 Å². The number of nitrogens with one attached hydrogen (secondary N) is 1. The molecule has 1 aromatic heterocycles. The van der Waals surface area contributed by atoms with Gasteiger partial charge in [0, 0.05) is 6.42 Å². The van der Waals surface area contributed by atoms with E-state index in [1.807, 2.05) is 0 Å². The Balaban J connectivity index is 2.01. The highest BCUT2D eigenvalue weighted by Gasteiger charge is 2.43. The number of hydrogen-bond acceptors (Lipinski definition) is 8. The lowest BCUT2D eigenvalue weighted by molar-refractivity contribution is -0.00673. The van der Waals surface area contributed by atoms with Crippen molar-refractivity contribution in [3.63, 3.8) is 0 Å². The van der Waals surface area contributed by atoms with Crippen LogP contribution in [0.4, 0.5) is 11.8 Å². The molecule has 0 unspecified atom stereocenters. The van der Waals surface area contributed by atoms with E-state index in [1.165, 1.54) is 0 Å². The normalized spacial score (nSPS) is 29.0. The molecule has 20 heavy (non-hydrogen) atoms. The van der Waals surface area contributed by atoms with E-state index in [0.717, 1.165) is 11.8 Å². The number of ether oxygens (including phenoxy) is 1. The number of nitrogens with zero attached hydrogens (tertiary/aromatic N) is 2. The number of fused-ring (bicyclic) bond motifs is 1. The zero-order valence-corrected chi connectivity index (χ0v) is 11.3. The van der Waals surface area contributed by atoms with Gasteiger partial charge in [0.1, 0.15) is 11.0 Å². The number of hydrogen-bond donors (Lipinski definition) is 4. The lowest BCUT2D eigenvalue weighted by Gasteiger charge is -2.27. The van der Waals surface area contributed by atoms with E-state index in [9.17, 15) is 9.90 Å². The fourth-order valence-electron chi connectivity index (χ4n) is 2.35. The quantitative estimate of drug-likeness (QED) is 0.559. The summed E-state index contributed by atoms with van der Waals surface area (Å²) in [5.41, 5.74) is 5.20. The maximum absolute atomic E-state index is 11.8. The molecule has 0 radical (unpaired) electrons. The number of aromatic nitrogens is 2. The number of nitrogens with two attached hydrogens (primary N) is 1. The van der Waals surface area contributed by atoms with Gasteiger partial charge in [0.05, 0.1) is 17.7 Å². The van der Waals surface area contributed by atoms with Crippen LogP contribution in [0.5, 0.6) is 0 Å². The van der Waals surface area contributed by atoms with Gasteiger partial charge in [-0.25, -0.2) is 0 Å². The third-order valence-corrected chi connectivity index (χ3v) is 4.22. The molecule has 0 saturated carbocycles. The molecular formula is C11H14N4O4S. The number of aromatic amines is 1. The smallest absolute Gasteiger partial charge is 0.268 e. The predicted molar refractivity (Wildman–Crippen MR) is 73.1 cm³/mol. The fourth-order valence-corrected chi connectivity index (χ4v) is 3.25. The van der Waals surface area contributed by atoms with E-state index in [0.29, 0.717) is 22.2 Å². The van der Waals surface area contributed by atoms with Crippen molar-refractivity contribution in [1.82, 2.24) is 9.97 Å². The van der Waals surface area contributed by atoms with Crippen LogP contribution >= 0.6 is 11.8 Å². The number of H-pyrrole nitrogens is 1. The first-order chi connectivity index (χ1) is 9.51. The summed E-state index contributed by atoms with van der Waals surface area (Å²) in [4.78, 5) is 20.2. The molecule has 0 amide bonds. The highest BCUT2D eigenvalue weighted by Crippen LogP contribution is 2.45. The molecule has 0 spiro atoms. The molecule has 3 atom stereocenters. The van der Waals surface area contributed by atoms with Crippen LogP contribution < -0.4 is 16.2 Å². The summed E-state index contributed by atoms with van der Waals surface area (Å²) in [6, 6.07) is 0. The van der Waals surface area contributed by atoms with Crippen LogP contribution in [-0.4, -0.2) is 45.2 Å². The molecule has 8 nitrogen and oxygen atoms in total. The zero-order chi connectivity index (χ0) is 14.4. The van der Waals surface area contributed by atoms with Gasteiger partial charge in [-0.15, -0.1) is 0 Å². The number of thioether (sulfide) groups is 1. The summed E-state index contributed by atoms with van der Waals surface area (Å²) in [5, 5.41) is 19.7. The molecule has 108 valence electrons. The van der Waals surface area contributed by atoms with E-state index in [1.54, 1.807) is 4.90 Å². The Morgan fingerprint density at radius 2 is 2.40 bits per heavy atom. The van der Waals surface area contributed by atoms with Crippen LogP contribution in [0.25, 0.3) is 0 Å². The second-order valence-electron chi connectivity index (χ2n) is 4.60. The number of anilines is 2. The Bertz CT molecular complexity index is 619. The molecule has 1 aromatic rings. The van der Waals surface area contributed by atoms with E-state index >= 15 is 0 Å². The predicted octanol–water partition coefficient (Wildman–Crippen LogP) is -0.796. The maximum atomic E-state index is 11.8. The summed E-state index contributed by atoms with van der Waals surface area (Å²) in [6.45, 7) is 3.67. The van der Waals surface area contributed by atoms with Gasteiger partial charge in [-0.3, -0.25) is 14.7 Å². The van der Waals surface area contributed by atoms with Gasteiger partial charge in [0.2, 0.25) is 5.95 Å². The van der Waals surface area contributed by atoms with Crippen molar-refractivity contribution in [1.29, 1.82) is 0 Å². The first-order valence-corrected chi connectivity index (χ1v) is 6.83. The van der Waals surface area contributed by atoms with E-state index in [4.69, 9.17) is 15.6 Å². The Morgan fingerprint density at radius 3 is 3.05 bits per heavy atom. The van der Waals surface area contributed by atoms with Gasteiger partial charge in [-0.1, -0.05) is 18.3 Å². The molecule has 0 aliphatic carbocycles. The minimum atomic E-state index is -0.808. The minimum absolute atomic E-state index is 0.0137. The summed E-state index contributed by atoms with van der Waals surface area (Å²) >= 11 is 1.15. The van der Waals surface area contributed by atoms with Crippen molar-refractivity contribution in [2.45, 2.75) is 29.8 Å². The summed E-state index contributed by atoms with van der Waals surface area (Å²) in [6.07, 6.45) is -1.68. The number of aliphatic hydroxyl groups is 2. The van der Waals surface area contributed by atoms with Gasteiger partial charge < -0.3 is 20.7 Å². The van der Waals surface area contributed by atoms with Gasteiger partial charge in [0.15, 0.2) is 12.0 Å². The maximum Gasteiger partial charge on any atom is 0.268 e. The van der Waals surface area contributed by atoms with E-state index in [-0.39, 0.29) is 18.1 Å². The average Bonchev–Trinajstić information content (AvgIpc) is 2.89. The van der Waals surface area contributed by atoms with E-state index in [2.05, 4.69) is 16.5 Å². The molecule has 0 aromatic carbocycles. The highest BCUT2D eigenvalue weighted by molar-refractivity contribution is 8.03. The Labute approximate surface area is 118 Å². The topological polar surface area (TPSA) is 125 Å². The Morgan fingerprint density at radius 1 is 1.65 bits per heavy atom. The molecule has 1 saturated heterocycles. The first-order valence-electron chi connectivity index (χ1n) is 6.01. The van der Waals surface area contributed by atoms with Crippen LogP contribution in [0.15, 0.2) is 21.3 Å². The van der Waals surface area contributed by atoms with Crippen LogP contribution in [0.1, 0.15) is 6.42 Å². The minimum Gasteiger partial charge on any atom is -0.394 e. The second-order valence-corrected chi connectivity index (χ2v) is 5.69. The monoisotopic (exact) mass is 298 g/mol. The van der Waals surface area contributed by atoms with Crippen LogP contribution in [0, 0.1) is 0 Å². The summed E-state index contributed by atoms with van der Waals surface area (Å²) in [5.74, 6) is 0.309. The first kappa shape index (κ1) is 13.4. The van der Waals surface area contributed by atoms with Gasteiger partial charge in [0.25, 0.3) is 5.56 Å². The van der Waals surface area contributed by atoms with Crippen LogP contribution in [0.2, 0.25) is 0 Å². The number of aliphatic hydroxyl groups excluding tert-OH is 2. The molecule has 3 rings (SSSR count). The van der Waals surface area contributed by atoms with Crippen molar-refractivity contribution in [3.8, 4) is 0 Å². The van der Waals surface area contributed by atoms with E-state index < -0.39 is 18.4 Å². The van der Waals surface area contributed by atoms with Crippen LogP contribution in [-0.2, 0) is 4.74 Å². The molecule has 9 heteroatoms. The van der Waals surface area contributed by atoms with Gasteiger partial charge in [-0.2, -0.15) is 4.98 Å². The Hall–Kier alpha value is -1.55. The molecule has 2 aliphatic rings. The van der Waals surface area contributed by atoms with Crippen molar-refractivity contribution in [2.75, 3.05) is 17.2 Å². The number of rotatable bonds is 2. The second kappa shape index (κ2) is 4.77. The van der Waals surface area contributed by atoms with Crippen molar-refractivity contribution >= 4 is 23.5 Å². The number of nitrogen functional groups attached to an aromatic ring is 1. The lowest BCUT2D eigenvalue weighted by Crippen LogP contribution is -2.40. The molecule has 1 fully saturated rings. The third kappa shape index (κ3) is 1.99. The molecule has 3 heterocycles. The van der Waals surface area contributed by atoms with Gasteiger partial charge >= 0.3 is 0 Å². The molecule has 2 aliphatic heterocycles. The average molecular weight is 298 g/mol. The summed E-state index contributed by atoms with van der Waals surface area (Å²) < 4.78 is 5.57. The van der Waals surface area contributed by atoms with Crippen molar-refractivity contribution < 1.29 is 14.9 Å². The SMILES string of the molecule is C=C1Sc2c(nc(N)[nH]c2=O)N1[C@@H]1O[C@H](CO)C[C@H]1O. The Kier molecular flexibility index (Phi) is 3.21. The molecule has 0 bridgehead atoms. The van der Waals surface area contributed by atoms with Crippen molar-refractivity contribution in [3.05, 3.63) is 22.0 Å². The standard InChI is InChI=1S/C11H14N4O4S/c1-4-15(10-6(17)2-5(3-16)19-10)8-7(20-4)9(18)14-11(12)13-8/h5-6,10,16-17H,1-3H2,(H3,12,13,14,18)/t5-,6+,10+/m0/s1. The summed E-state index contributed by atoms with van der Waals surface area (Å²) in [7, 11) is 0. The highest BCUT2D eigenvalue weighted by atomic mass is 32.2. The largest absolute Gasteiger partial charge is 0.394 e. The van der Waals surface area contributed by atoms with Gasteiger partial charge in [-0.05, 0) is 0 Å². The third-order valence-electron chi connectivity index (χ3n) is 3.22. The lowest BCUT2D eigenvalue weighted by atomic mass is 10.2. The molecule has 5 N–H and O–H groups in total. The fraction of sp³-hybridized carbons (Fsp3) is 0.455. The zero-order valence-electron chi connectivity index (χ0n) is 10.4.